The van der Waals surface area contributed by atoms with Crippen LogP contribution in [0.5, 0.6) is 0 Å². The Labute approximate surface area is 118 Å². The lowest BCUT2D eigenvalue weighted by atomic mass is 9.76. The van der Waals surface area contributed by atoms with Crippen LogP contribution < -0.4 is 0 Å². The average Bonchev–Trinajstić information content (AvgIpc) is 2.60. The van der Waals surface area contributed by atoms with Crippen LogP contribution in [0.3, 0.4) is 0 Å². The topological polar surface area (TPSA) is 0 Å². The summed E-state index contributed by atoms with van der Waals surface area (Å²) in [6.07, 6.45) is -19.2. The van der Waals surface area contributed by atoms with Crippen molar-refractivity contribution in [2.75, 3.05) is 0 Å². The minimum Gasteiger partial charge on any atom is -0.170 e. The molecule has 1 aliphatic rings. The Morgan fingerprint density at radius 2 is 1.14 bits per heavy atom. The maximum atomic E-state index is 13.2. The third-order valence-corrected chi connectivity index (χ3v) is 4.19. The SMILES string of the molecule is CC1(C(F)(F)F)CC(C(F)(F)F)(C(F)(F)F)c2ccccc21. The van der Waals surface area contributed by atoms with Gasteiger partial charge >= 0.3 is 18.5 Å². The molecule has 1 aromatic carbocycles. The van der Waals surface area contributed by atoms with E-state index in [0.29, 0.717) is 19.1 Å². The lowest BCUT2D eigenvalue weighted by Crippen LogP contribution is -2.54. The molecule has 9 heteroatoms. The van der Waals surface area contributed by atoms with Gasteiger partial charge < -0.3 is 0 Å². The summed E-state index contributed by atoms with van der Waals surface area (Å²) in [5, 5.41) is 0. The van der Waals surface area contributed by atoms with Crippen molar-refractivity contribution in [3.8, 4) is 0 Å². The van der Waals surface area contributed by atoms with Crippen molar-refractivity contribution in [2.45, 2.75) is 42.7 Å². The summed E-state index contributed by atoms with van der Waals surface area (Å²) in [5.41, 5.74) is -10.1. The Bertz CT molecular complexity index is 564. The molecule has 1 unspecified atom stereocenters. The molecule has 0 nitrogen and oxygen atoms in total. The van der Waals surface area contributed by atoms with E-state index in [1.807, 2.05) is 0 Å². The van der Waals surface area contributed by atoms with Gasteiger partial charge in [0.15, 0.2) is 5.41 Å². The van der Waals surface area contributed by atoms with E-state index < -0.39 is 46.9 Å². The van der Waals surface area contributed by atoms with Crippen LogP contribution in [-0.4, -0.2) is 18.5 Å². The zero-order chi connectivity index (χ0) is 17.2. The standard InChI is InChI=1S/C13H9F9/c1-9(11(14,15)16)6-10(12(17,18)19,13(20,21)22)8-5-3-2-4-7(8)9/h2-5H,6H2,1H3. The van der Waals surface area contributed by atoms with Gasteiger partial charge in [0.2, 0.25) is 0 Å². The van der Waals surface area contributed by atoms with Crippen LogP contribution in [0.15, 0.2) is 24.3 Å². The number of rotatable bonds is 0. The molecule has 1 aromatic rings. The number of hydrogen-bond donors (Lipinski definition) is 0. The molecule has 0 N–H and O–H groups in total. The summed E-state index contributed by atoms with van der Waals surface area (Å²) in [4.78, 5) is 0. The number of alkyl halides is 9. The maximum absolute atomic E-state index is 13.2. The summed E-state index contributed by atoms with van der Waals surface area (Å²) in [5.74, 6) is 0. The largest absolute Gasteiger partial charge is 0.407 e. The number of hydrogen-bond acceptors (Lipinski definition) is 0. The van der Waals surface area contributed by atoms with Gasteiger partial charge in [-0.3, -0.25) is 0 Å². The predicted molar refractivity (Wildman–Crippen MR) is 58.3 cm³/mol. The number of halogens is 9. The Morgan fingerprint density at radius 1 is 0.727 bits per heavy atom. The first-order valence-electron chi connectivity index (χ1n) is 5.99. The van der Waals surface area contributed by atoms with Gasteiger partial charge in [-0.05, 0) is 24.5 Å². The van der Waals surface area contributed by atoms with Crippen molar-refractivity contribution in [2.24, 2.45) is 0 Å². The Morgan fingerprint density at radius 3 is 1.50 bits per heavy atom. The smallest absolute Gasteiger partial charge is 0.170 e. The van der Waals surface area contributed by atoms with Crippen LogP contribution in [0.2, 0.25) is 0 Å². The minimum atomic E-state index is -5.90. The molecule has 0 saturated heterocycles. The van der Waals surface area contributed by atoms with Crippen molar-refractivity contribution in [3.63, 3.8) is 0 Å². The van der Waals surface area contributed by atoms with E-state index in [1.54, 1.807) is 0 Å². The van der Waals surface area contributed by atoms with Crippen molar-refractivity contribution in [1.29, 1.82) is 0 Å². The van der Waals surface area contributed by atoms with Crippen LogP contribution in [0.1, 0.15) is 24.5 Å². The highest BCUT2D eigenvalue weighted by Gasteiger charge is 2.79. The van der Waals surface area contributed by atoms with E-state index in [4.69, 9.17) is 0 Å². The summed E-state index contributed by atoms with van der Waals surface area (Å²) in [7, 11) is 0. The Kier molecular flexibility index (Phi) is 3.33. The lowest BCUT2D eigenvalue weighted by Gasteiger charge is -2.36. The zero-order valence-corrected chi connectivity index (χ0v) is 10.9. The van der Waals surface area contributed by atoms with Crippen molar-refractivity contribution >= 4 is 0 Å². The van der Waals surface area contributed by atoms with Gasteiger partial charge in [-0.25, -0.2) is 0 Å². The molecular weight excluding hydrogens is 327 g/mol. The molecule has 0 spiro atoms. The molecule has 1 atom stereocenters. The van der Waals surface area contributed by atoms with E-state index in [2.05, 4.69) is 0 Å². The molecule has 0 aromatic heterocycles. The second-order valence-electron chi connectivity index (χ2n) is 5.45. The first-order valence-corrected chi connectivity index (χ1v) is 5.99. The first kappa shape index (κ1) is 17.0. The fourth-order valence-electron chi connectivity index (χ4n) is 2.98. The molecule has 2 rings (SSSR count). The first-order chi connectivity index (χ1) is 9.68. The van der Waals surface area contributed by atoms with Gasteiger partial charge in [0, 0.05) is 0 Å². The fourth-order valence-corrected chi connectivity index (χ4v) is 2.98. The van der Waals surface area contributed by atoms with Crippen molar-refractivity contribution < 1.29 is 39.5 Å². The molecule has 0 bridgehead atoms. The van der Waals surface area contributed by atoms with Gasteiger partial charge in [-0.2, -0.15) is 39.5 Å². The molecule has 0 aliphatic heterocycles. The number of benzene rings is 1. The molecule has 1 aliphatic carbocycles. The zero-order valence-electron chi connectivity index (χ0n) is 10.9. The molecular formula is C13H9F9. The summed E-state index contributed by atoms with van der Waals surface area (Å²) < 4.78 is 119. The molecule has 22 heavy (non-hydrogen) atoms. The molecule has 0 saturated carbocycles. The van der Waals surface area contributed by atoms with Gasteiger partial charge in [0.25, 0.3) is 0 Å². The Hall–Kier alpha value is -1.41. The molecule has 0 radical (unpaired) electrons. The third kappa shape index (κ3) is 1.93. The quantitative estimate of drug-likeness (QED) is 0.566. The van der Waals surface area contributed by atoms with Crippen LogP contribution in [-0.2, 0) is 10.8 Å². The van der Waals surface area contributed by atoms with E-state index in [1.165, 1.54) is 0 Å². The predicted octanol–water partition coefficient (Wildman–Crippen LogP) is 5.27. The second-order valence-corrected chi connectivity index (χ2v) is 5.45. The monoisotopic (exact) mass is 336 g/mol. The van der Waals surface area contributed by atoms with Gasteiger partial charge in [0.05, 0.1) is 5.41 Å². The minimum absolute atomic E-state index is 0.366. The van der Waals surface area contributed by atoms with Crippen LogP contribution in [0.25, 0.3) is 0 Å². The van der Waals surface area contributed by atoms with Crippen LogP contribution in [0, 0.1) is 0 Å². The second kappa shape index (κ2) is 4.32. The molecule has 0 fully saturated rings. The highest BCUT2D eigenvalue weighted by Crippen LogP contribution is 2.66. The molecule has 124 valence electrons. The fraction of sp³-hybridized carbons (Fsp3) is 0.538. The van der Waals surface area contributed by atoms with Crippen molar-refractivity contribution in [3.05, 3.63) is 35.4 Å². The third-order valence-electron chi connectivity index (χ3n) is 4.19. The average molecular weight is 336 g/mol. The van der Waals surface area contributed by atoms with Gasteiger partial charge in [0.1, 0.15) is 0 Å². The summed E-state index contributed by atoms with van der Waals surface area (Å²) in [6, 6.07) is 2.99. The summed E-state index contributed by atoms with van der Waals surface area (Å²) in [6.45, 7) is 0.366. The maximum Gasteiger partial charge on any atom is 0.407 e. The van der Waals surface area contributed by atoms with E-state index in [0.717, 1.165) is 12.1 Å². The van der Waals surface area contributed by atoms with Gasteiger partial charge in [-0.1, -0.05) is 24.3 Å². The van der Waals surface area contributed by atoms with Crippen LogP contribution >= 0.6 is 0 Å². The number of fused-ring (bicyclic) bond motifs is 1. The molecule has 0 amide bonds. The van der Waals surface area contributed by atoms with Crippen molar-refractivity contribution in [1.82, 2.24) is 0 Å². The molecule has 0 heterocycles. The van der Waals surface area contributed by atoms with E-state index >= 15 is 0 Å². The van der Waals surface area contributed by atoms with E-state index in [-0.39, 0.29) is 0 Å². The lowest BCUT2D eigenvalue weighted by molar-refractivity contribution is -0.311. The van der Waals surface area contributed by atoms with Gasteiger partial charge in [-0.15, -0.1) is 0 Å². The highest BCUT2D eigenvalue weighted by atomic mass is 19.4. The Balaban J connectivity index is 2.87. The van der Waals surface area contributed by atoms with E-state index in [9.17, 15) is 39.5 Å². The van der Waals surface area contributed by atoms with Crippen LogP contribution in [0.4, 0.5) is 39.5 Å². The highest BCUT2D eigenvalue weighted by molar-refractivity contribution is 5.49. The summed E-state index contributed by atoms with van der Waals surface area (Å²) >= 11 is 0. The normalized spacial score (nSPS) is 25.2.